The molecule has 2 aromatic rings. The van der Waals surface area contributed by atoms with Crippen molar-refractivity contribution in [3.63, 3.8) is 0 Å². The Morgan fingerprint density at radius 1 is 1.42 bits per heavy atom. The maximum atomic E-state index is 12.3. The van der Waals surface area contributed by atoms with Crippen LogP contribution < -0.4 is 5.32 Å². The summed E-state index contributed by atoms with van der Waals surface area (Å²) < 4.78 is 11.1. The highest BCUT2D eigenvalue weighted by Crippen LogP contribution is 2.23. The number of aromatic nitrogens is 3. The standard InChI is InChI=1S/C17H22N4O3/c1-2-14(23-12-7-3-4-8-12)17(22)19-11-15-20-16(21-24-15)13-9-5-6-10-18-13/h5-6,9-10,12,14H,2-4,7-8,11H2,1H3,(H,19,22). The summed E-state index contributed by atoms with van der Waals surface area (Å²) in [5.74, 6) is 0.621. The number of ether oxygens (including phenoxy) is 1. The molecule has 2 aromatic heterocycles. The normalized spacial score (nSPS) is 16.2. The van der Waals surface area contributed by atoms with Gasteiger partial charge >= 0.3 is 0 Å². The number of hydrogen-bond donors (Lipinski definition) is 1. The number of rotatable bonds is 7. The van der Waals surface area contributed by atoms with Gasteiger partial charge < -0.3 is 14.6 Å². The highest BCUT2D eigenvalue weighted by atomic mass is 16.5. The predicted molar refractivity (Wildman–Crippen MR) is 86.8 cm³/mol. The first-order chi connectivity index (χ1) is 11.8. The molecule has 1 aliphatic carbocycles. The number of pyridine rings is 1. The van der Waals surface area contributed by atoms with E-state index in [1.165, 1.54) is 12.8 Å². The van der Waals surface area contributed by atoms with E-state index in [0.29, 0.717) is 23.8 Å². The molecule has 128 valence electrons. The number of carbonyl (C=O) groups is 1. The van der Waals surface area contributed by atoms with Crippen molar-refractivity contribution >= 4 is 5.91 Å². The molecular formula is C17H22N4O3. The van der Waals surface area contributed by atoms with E-state index in [-0.39, 0.29) is 18.6 Å². The molecule has 24 heavy (non-hydrogen) atoms. The van der Waals surface area contributed by atoms with Gasteiger partial charge in [0.05, 0.1) is 12.6 Å². The summed E-state index contributed by atoms with van der Waals surface area (Å²) in [6.07, 6.45) is 6.54. The summed E-state index contributed by atoms with van der Waals surface area (Å²) in [6, 6.07) is 5.47. The quantitative estimate of drug-likeness (QED) is 0.839. The molecule has 1 saturated carbocycles. The lowest BCUT2D eigenvalue weighted by Gasteiger charge is -2.19. The molecule has 3 rings (SSSR count). The summed E-state index contributed by atoms with van der Waals surface area (Å²) in [5.41, 5.74) is 0.634. The lowest BCUT2D eigenvalue weighted by atomic mass is 10.2. The highest BCUT2D eigenvalue weighted by molar-refractivity contribution is 5.80. The Bertz CT molecular complexity index is 653. The fourth-order valence-corrected chi connectivity index (χ4v) is 2.80. The number of hydrogen-bond acceptors (Lipinski definition) is 6. The molecule has 1 fully saturated rings. The molecule has 0 saturated heterocycles. The van der Waals surface area contributed by atoms with Crippen molar-refractivity contribution in [2.75, 3.05) is 0 Å². The van der Waals surface area contributed by atoms with Crippen molar-refractivity contribution in [3.05, 3.63) is 30.3 Å². The van der Waals surface area contributed by atoms with Crippen molar-refractivity contribution in [3.8, 4) is 11.5 Å². The number of nitrogens with one attached hydrogen (secondary N) is 1. The summed E-state index contributed by atoms with van der Waals surface area (Å²) in [6.45, 7) is 2.13. The van der Waals surface area contributed by atoms with Crippen molar-refractivity contribution in [1.29, 1.82) is 0 Å². The summed E-state index contributed by atoms with van der Waals surface area (Å²) >= 11 is 0. The Morgan fingerprint density at radius 2 is 2.25 bits per heavy atom. The number of carbonyl (C=O) groups excluding carboxylic acids is 1. The maximum Gasteiger partial charge on any atom is 0.249 e. The van der Waals surface area contributed by atoms with Crippen molar-refractivity contribution in [2.45, 2.75) is 57.8 Å². The van der Waals surface area contributed by atoms with E-state index in [9.17, 15) is 4.79 Å². The topological polar surface area (TPSA) is 90.1 Å². The SMILES string of the molecule is CCC(OC1CCCC1)C(=O)NCc1nc(-c2ccccn2)no1. The molecule has 0 spiro atoms. The van der Waals surface area contributed by atoms with Gasteiger partial charge in [0.15, 0.2) is 0 Å². The smallest absolute Gasteiger partial charge is 0.249 e. The molecule has 0 aromatic carbocycles. The summed E-state index contributed by atoms with van der Waals surface area (Å²) in [4.78, 5) is 20.7. The van der Waals surface area contributed by atoms with Crippen LogP contribution in [0.15, 0.2) is 28.9 Å². The molecule has 0 aliphatic heterocycles. The summed E-state index contributed by atoms with van der Waals surface area (Å²) in [7, 11) is 0. The second-order valence-electron chi connectivity index (χ2n) is 5.88. The fourth-order valence-electron chi connectivity index (χ4n) is 2.80. The first kappa shape index (κ1) is 16.6. The van der Waals surface area contributed by atoms with E-state index >= 15 is 0 Å². The third-order valence-corrected chi connectivity index (χ3v) is 4.10. The Balaban J connectivity index is 1.53. The van der Waals surface area contributed by atoms with Crippen LogP contribution in [-0.4, -0.2) is 33.2 Å². The lowest BCUT2D eigenvalue weighted by Crippen LogP contribution is -2.37. The molecular weight excluding hydrogens is 308 g/mol. The van der Waals surface area contributed by atoms with Crippen LogP contribution >= 0.6 is 0 Å². The largest absolute Gasteiger partial charge is 0.365 e. The van der Waals surface area contributed by atoms with Gasteiger partial charge in [0.1, 0.15) is 11.8 Å². The molecule has 1 atom stereocenters. The van der Waals surface area contributed by atoms with Gasteiger partial charge in [0.25, 0.3) is 0 Å². The molecule has 1 unspecified atom stereocenters. The van der Waals surface area contributed by atoms with Gasteiger partial charge in [0, 0.05) is 6.20 Å². The zero-order valence-corrected chi connectivity index (χ0v) is 13.8. The molecule has 1 N–H and O–H groups in total. The van der Waals surface area contributed by atoms with Crippen LogP contribution in [0.25, 0.3) is 11.5 Å². The fraction of sp³-hybridized carbons (Fsp3) is 0.529. The average Bonchev–Trinajstić information content (AvgIpc) is 3.30. The van der Waals surface area contributed by atoms with E-state index in [0.717, 1.165) is 12.8 Å². The van der Waals surface area contributed by atoms with Crippen molar-refractivity contribution in [2.24, 2.45) is 0 Å². The minimum atomic E-state index is -0.425. The molecule has 1 amide bonds. The van der Waals surface area contributed by atoms with E-state index in [4.69, 9.17) is 9.26 Å². The number of amides is 1. The van der Waals surface area contributed by atoms with Crippen LogP contribution in [0.5, 0.6) is 0 Å². The highest BCUT2D eigenvalue weighted by Gasteiger charge is 2.24. The molecule has 2 heterocycles. The predicted octanol–water partition coefficient (Wildman–Crippen LogP) is 2.49. The zero-order valence-electron chi connectivity index (χ0n) is 13.8. The van der Waals surface area contributed by atoms with Gasteiger partial charge in [-0.25, -0.2) is 0 Å². The van der Waals surface area contributed by atoms with Crippen molar-refractivity contribution < 1.29 is 14.1 Å². The first-order valence-corrected chi connectivity index (χ1v) is 8.43. The maximum absolute atomic E-state index is 12.3. The van der Waals surface area contributed by atoms with E-state index in [1.54, 1.807) is 12.3 Å². The average molecular weight is 330 g/mol. The third-order valence-electron chi connectivity index (χ3n) is 4.10. The van der Waals surface area contributed by atoms with Gasteiger partial charge in [-0.15, -0.1) is 0 Å². The molecule has 7 heteroatoms. The molecule has 0 radical (unpaired) electrons. The second-order valence-corrected chi connectivity index (χ2v) is 5.88. The molecule has 0 bridgehead atoms. The Morgan fingerprint density at radius 3 is 2.96 bits per heavy atom. The minimum absolute atomic E-state index is 0.137. The van der Waals surface area contributed by atoms with E-state index in [1.807, 2.05) is 19.1 Å². The van der Waals surface area contributed by atoms with Gasteiger partial charge in [-0.2, -0.15) is 4.98 Å². The lowest BCUT2D eigenvalue weighted by molar-refractivity contribution is -0.137. The van der Waals surface area contributed by atoms with Crippen LogP contribution in [0, 0.1) is 0 Å². The van der Waals surface area contributed by atoms with Gasteiger partial charge in [-0.05, 0) is 31.4 Å². The van der Waals surface area contributed by atoms with Gasteiger partial charge in [-0.3, -0.25) is 9.78 Å². The van der Waals surface area contributed by atoms with Gasteiger partial charge in [-0.1, -0.05) is 31.0 Å². The third kappa shape index (κ3) is 4.17. The Hall–Kier alpha value is -2.28. The first-order valence-electron chi connectivity index (χ1n) is 8.43. The summed E-state index contributed by atoms with van der Waals surface area (Å²) in [5, 5.41) is 6.69. The van der Waals surface area contributed by atoms with Crippen LogP contribution in [0.3, 0.4) is 0 Å². The Labute approximate surface area is 140 Å². The van der Waals surface area contributed by atoms with Crippen LogP contribution in [0.4, 0.5) is 0 Å². The van der Waals surface area contributed by atoms with Gasteiger partial charge in [0.2, 0.25) is 17.6 Å². The monoisotopic (exact) mass is 330 g/mol. The van der Waals surface area contributed by atoms with E-state index in [2.05, 4.69) is 20.4 Å². The van der Waals surface area contributed by atoms with E-state index < -0.39 is 6.10 Å². The Kier molecular flexibility index (Phi) is 5.53. The minimum Gasteiger partial charge on any atom is -0.365 e. The molecule has 1 aliphatic rings. The zero-order chi connectivity index (χ0) is 16.8. The van der Waals surface area contributed by atoms with Crippen LogP contribution in [0.1, 0.15) is 44.9 Å². The second kappa shape index (κ2) is 8.01. The van der Waals surface area contributed by atoms with Crippen molar-refractivity contribution in [1.82, 2.24) is 20.4 Å². The van der Waals surface area contributed by atoms with Crippen LogP contribution in [0.2, 0.25) is 0 Å². The number of nitrogens with zero attached hydrogens (tertiary/aromatic N) is 3. The van der Waals surface area contributed by atoms with Crippen LogP contribution in [-0.2, 0) is 16.1 Å². The molecule has 7 nitrogen and oxygen atoms in total.